The molecule has 1 aliphatic rings. The maximum absolute atomic E-state index is 12.0. The normalized spacial score (nSPS) is 13.7. The van der Waals surface area contributed by atoms with Crippen LogP contribution in [0, 0.1) is 12.8 Å². The number of esters is 3. The van der Waals surface area contributed by atoms with E-state index >= 15 is 0 Å². The number of aryl methyl sites for hydroxylation is 1. The van der Waals surface area contributed by atoms with Gasteiger partial charge in [-0.15, -0.1) is 0 Å². The first-order valence-electron chi connectivity index (χ1n) is 7.02. The largest absolute Gasteiger partial charge is 0.492 e. The minimum absolute atomic E-state index is 0.169. The lowest BCUT2D eigenvalue weighted by atomic mass is 9.93. The van der Waals surface area contributed by atoms with Gasteiger partial charge in [-0.2, -0.15) is 0 Å². The predicted molar refractivity (Wildman–Crippen MR) is 77.6 cm³/mol. The fraction of sp³-hybridized carbons (Fsp3) is 0.467. The second-order valence-electron chi connectivity index (χ2n) is 4.90. The number of nitrogens with zero attached hydrogens (tertiary/aromatic N) is 1. The van der Waals surface area contributed by atoms with E-state index in [0.29, 0.717) is 11.3 Å². The molecule has 0 unspecified atom stereocenters. The van der Waals surface area contributed by atoms with Gasteiger partial charge in [0.15, 0.2) is 5.92 Å². The molecule has 0 aliphatic carbocycles. The van der Waals surface area contributed by atoms with Crippen LogP contribution in [0.4, 0.5) is 0 Å². The van der Waals surface area contributed by atoms with Gasteiger partial charge in [-0.1, -0.05) is 5.16 Å². The van der Waals surface area contributed by atoms with Crippen LogP contribution in [0.3, 0.4) is 0 Å². The van der Waals surface area contributed by atoms with Crippen molar-refractivity contribution in [3.05, 3.63) is 22.6 Å². The van der Waals surface area contributed by atoms with E-state index in [1.807, 2.05) is 0 Å². The second-order valence-corrected chi connectivity index (χ2v) is 4.90. The Kier molecular flexibility index (Phi) is 5.22. The maximum atomic E-state index is 12.0. The number of hydrogen-bond donors (Lipinski definition) is 0. The van der Waals surface area contributed by atoms with Gasteiger partial charge in [0, 0.05) is 12.0 Å². The van der Waals surface area contributed by atoms with Gasteiger partial charge in [0.05, 0.1) is 39.2 Å². The Balaban J connectivity index is 2.61. The third-order valence-electron chi connectivity index (χ3n) is 3.59. The van der Waals surface area contributed by atoms with Gasteiger partial charge in [0.25, 0.3) is 5.76 Å². The standard InChI is InChI=1S/C15H17NO8/c1-7-9(12(24-16-7)15(19)22-4)11-8(5-6-23-11)10(13(17)20-2)14(18)21-3/h10H,5-6H2,1-4H3. The van der Waals surface area contributed by atoms with Crippen LogP contribution in [0.5, 0.6) is 0 Å². The van der Waals surface area contributed by atoms with E-state index < -0.39 is 23.8 Å². The lowest BCUT2D eigenvalue weighted by molar-refractivity contribution is -0.156. The molecule has 2 rings (SSSR count). The summed E-state index contributed by atoms with van der Waals surface area (Å²) in [6.07, 6.45) is 0.287. The Bertz CT molecular complexity index is 686. The minimum Gasteiger partial charge on any atom is -0.492 e. The highest BCUT2D eigenvalue weighted by atomic mass is 16.6. The Morgan fingerprint density at radius 3 is 2.25 bits per heavy atom. The van der Waals surface area contributed by atoms with E-state index in [1.165, 1.54) is 21.3 Å². The number of hydrogen-bond acceptors (Lipinski definition) is 9. The van der Waals surface area contributed by atoms with Crippen molar-refractivity contribution >= 4 is 23.7 Å². The summed E-state index contributed by atoms with van der Waals surface area (Å²) in [5.41, 5.74) is 0.940. The van der Waals surface area contributed by atoms with E-state index in [9.17, 15) is 14.4 Å². The van der Waals surface area contributed by atoms with Crippen LogP contribution in [0.25, 0.3) is 5.76 Å². The van der Waals surface area contributed by atoms with Crippen LogP contribution < -0.4 is 0 Å². The van der Waals surface area contributed by atoms with E-state index in [4.69, 9.17) is 9.26 Å². The molecule has 0 N–H and O–H groups in total. The van der Waals surface area contributed by atoms with Gasteiger partial charge in [0.1, 0.15) is 5.76 Å². The van der Waals surface area contributed by atoms with Crippen molar-refractivity contribution in [2.24, 2.45) is 5.92 Å². The molecule has 1 aromatic rings. The van der Waals surface area contributed by atoms with Crippen molar-refractivity contribution in [2.45, 2.75) is 13.3 Å². The van der Waals surface area contributed by atoms with E-state index in [2.05, 4.69) is 19.4 Å². The number of methoxy groups -OCH3 is 3. The summed E-state index contributed by atoms with van der Waals surface area (Å²) in [4.78, 5) is 35.9. The first kappa shape index (κ1) is 17.5. The van der Waals surface area contributed by atoms with Crippen molar-refractivity contribution < 1.29 is 37.9 Å². The van der Waals surface area contributed by atoms with E-state index in [1.54, 1.807) is 6.92 Å². The first-order valence-corrected chi connectivity index (χ1v) is 7.02. The predicted octanol–water partition coefficient (Wildman–Crippen LogP) is 0.863. The van der Waals surface area contributed by atoms with E-state index in [0.717, 1.165) is 0 Å². The van der Waals surface area contributed by atoms with Crippen LogP contribution >= 0.6 is 0 Å². The monoisotopic (exact) mass is 339 g/mol. The zero-order valence-corrected chi connectivity index (χ0v) is 13.7. The highest BCUT2D eigenvalue weighted by Crippen LogP contribution is 2.37. The molecule has 0 radical (unpaired) electrons. The van der Waals surface area contributed by atoms with E-state index in [-0.39, 0.29) is 30.1 Å². The van der Waals surface area contributed by atoms with Crippen molar-refractivity contribution in [1.29, 1.82) is 0 Å². The zero-order chi connectivity index (χ0) is 17.9. The number of rotatable bonds is 5. The van der Waals surface area contributed by atoms with Gasteiger partial charge < -0.3 is 23.5 Å². The van der Waals surface area contributed by atoms with Crippen molar-refractivity contribution in [3.63, 3.8) is 0 Å². The summed E-state index contributed by atoms with van der Waals surface area (Å²) >= 11 is 0. The van der Waals surface area contributed by atoms with Gasteiger partial charge in [-0.3, -0.25) is 9.59 Å². The lowest BCUT2D eigenvalue weighted by Crippen LogP contribution is -2.28. The molecule has 0 saturated carbocycles. The van der Waals surface area contributed by atoms with Crippen LogP contribution in [-0.2, 0) is 28.5 Å². The molecular formula is C15H17NO8. The molecule has 0 bridgehead atoms. The quantitative estimate of drug-likeness (QED) is 0.437. The average Bonchev–Trinajstić information content (AvgIpc) is 3.20. The molecule has 1 aromatic heterocycles. The molecule has 2 heterocycles. The van der Waals surface area contributed by atoms with Crippen LogP contribution in [0.2, 0.25) is 0 Å². The molecule has 9 heteroatoms. The molecule has 24 heavy (non-hydrogen) atoms. The number of aromatic nitrogens is 1. The SMILES string of the molecule is COC(=O)c1onc(C)c1C1=C(C(C(=O)OC)C(=O)OC)CCO1. The average molecular weight is 339 g/mol. The fourth-order valence-electron chi connectivity index (χ4n) is 2.46. The topological polar surface area (TPSA) is 114 Å². The van der Waals surface area contributed by atoms with Gasteiger partial charge in [-0.25, -0.2) is 4.79 Å². The van der Waals surface area contributed by atoms with Crippen LogP contribution in [0.1, 0.15) is 28.2 Å². The van der Waals surface area contributed by atoms with Crippen molar-refractivity contribution in [2.75, 3.05) is 27.9 Å². The molecule has 0 saturated heterocycles. The Labute approximate surface area is 137 Å². The second kappa shape index (κ2) is 7.16. The highest BCUT2D eigenvalue weighted by Gasteiger charge is 2.40. The van der Waals surface area contributed by atoms with Gasteiger partial charge in [-0.05, 0) is 6.92 Å². The molecule has 0 atom stereocenters. The summed E-state index contributed by atoms with van der Waals surface area (Å²) in [5.74, 6) is -3.60. The maximum Gasteiger partial charge on any atom is 0.377 e. The molecule has 0 aromatic carbocycles. The number of carbonyl (C=O) groups excluding carboxylic acids is 3. The molecule has 0 spiro atoms. The van der Waals surface area contributed by atoms with Crippen LogP contribution in [0.15, 0.2) is 10.1 Å². The Morgan fingerprint density at radius 1 is 1.08 bits per heavy atom. The smallest absolute Gasteiger partial charge is 0.377 e. The Morgan fingerprint density at radius 2 is 1.71 bits per heavy atom. The molecule has 9 nitrogen and oxygen atoms in total. The molecule has 1 aliphatic heterocycles. The summed E-state index contributed by atoms with van der Waals surface area (Å²) in [6.45, 7) is 1.82. The number of carbonyl (C=O) groups is 3. The molecule has 130 valence electrons. The molecular weight excluding hydrogens is 322 g/mol. The zero-order valence-electron chi connectivity index (χ0n) is 13.7. The van der Waals surface area contributed by atoms with Crippen LogP contribution in [-0.4, -0.2) is 51.0 Å². The summed E-state index contributed by atoms with van der Waals surface area (Å²) in [7, 11) is 3.53. The van der Waals surface area contributed by atoms with Crippen molar-refractivity contribution in [3.8, 4) is 0 Å². The third-order valence-corrected chi connectivity index (χ3v) is 3.59. The summed E-state index contributed by atoms with van der Waals surface area (Å²) in [6, 6.07) is 0. The first-order chi connectivity index (χ1) is 11.5. The van der Waals surface area contributed by atoms with Gasteiger partial charge in [0.2, 0.25) is 0 Å². The fourth-order valence-corrected chi connectivity index (χ4v) is 2.46. The third kappa shape index (κ3) is 2.97. The summed E-state index contributed by atoms with van der Waals surface area (Å²) in [5, 5.41) is 3.73. The number of ether oxygens (including phenoxy) is 4. The molecule has 0 amide bonds. The minimum atomic E-state index is -1.29. The molecule has 0 fully saturated rings. The lowest BCUT2D eigenvalue weighted by Gasteiger charge is -2.14. The van der Waals surface area contributed by atoms with Gasteiger partial charge >= 0.3 is 17.9 Å². The highest BCUT2D eigenvalue weighted by molar-refractivity contribution is 6.01. The Hall–Kier alpha value is -2.84. The summed E-state index contributed by atoms with van der Waals surface area (Å²) < 4.78 is 24.6. The van der Waals surface area contributed by atoms with Crippen molar-refractivity contribution in [1.82, 2.24) is 5.16 Å².